The third-order valence-corrected chi connectivity index (χ3v) is 8.13. The van der Waals surface area contributed by atoms with Crippen molar-refractivity contribution in [1.82, 2.24) is 4.90 Å². The van der Waals surface area contributed by atoms with Gasteiger partial charge < -0.3 is 14.5 Å². The Balaban J connectivity index is 1.55. The fourth-order valence-corrected chi connectivity index (χ4v) is 6.74. The number of piperidine rings is 1. The summed E-state index contributed by atoms with van der Waals surface area (Å²) in [5.41, 5.74) is 5.04. The number of nitrogens with zero attached hydrogens (tertiary/aromatic N) is 3. The van der Waals surface area contributed by atoms with Crippen molar-refractivity contribution in [2.75, 3.05) is 25.0 Å². The molecule has 3 unspecified atom stereocenters. The number of nitro groups is 1. The molecule has 6 nitrogen and oxygen atoms in total. The van der Waals surface area contributed by atoms with Crippen LogP contribution < -0.4 is 9.64 Å². The first kappa shape index (κ1) is 21.0. The minimum Gasteiger partial charge on any atom is -0.456 e. The summed E-state index contributed by atoms with van der Waals surface area (Å²) >= 11 is 6.25. The number of halogens is 1. The van der Waals surface area contributed by atoms with Gasteiger partial charge in [0.2, 0.25) is 11.5 Å². The molecule has 6 rings (SSSR count). The fourth-order valence-electron chi connectivity index (χ4n) is 6.52. The van der Waals surface area contributed by atoms with E-state index >= 15 is 0 Å². The number of fused-ring (bicyclic) bond motifs is 5. The van der Waals surface area contributed by atoms with E-state index in [1.165, 1.54) is 28.5 Å². The summed E-state index contributed by atoms with van der Waals surface area (Å²) < 4.78 is 6.86. The van der Waals surface area contributed by atoms with Crippen molar-refractivity contribution in [2.24, 2.45) is 0 Å². The first-order valence-corrected chi connectivity index (χ1v) is 12.2. The van der Waals surface area contributed by atoms with Crippen molar-refractivity contribution in [3.05, 3.63) is 67.7 Å². The summed E-state index contributed by atoms with van der Waals surface area (Å²) in [5, 5.41) is 12.3. The second-order valence-corrected chi connectivity index (χ2v) is 10.5. The summed E-state index contributed by atoms with van der Waals surface area (Å²) in [4.78, 5) is 16.5. The van der Waals surface area contributed by atoms with Gasteiger partial charge in [0, 0.05) is 47.3 Å². The minimum absolute atomic E-state index is 0.0546. The van der Waals surface area contributed by atoms with Crippen LogP contribution in [0.2, 0.25) is 5.02 Å². The topological polar surface area (TPSA) is 58.9 Å². The Labute approximate surface area is 198 Å². The number of nitro benzene ring substituents is 1. The number of likely N-dealkylation sites (N-methyl/N-ethyl adjacent to an activating group) is 1. The van der Waals surface area contributed by atoms with Crippen molar-refractivity contribution in [3.63, 3.8) is 0 Å². The van der Waals surface area contributed by atoms with Crippen LogP contribution in [0.25, 0.3) is 6.08 Å². The Morgan fingerprint density at radius 1 is 1.24 bits per heavy atom. The van der Waals surface area contributed by atoms with Gasteiger partial charge in [-0.1, -0.05) is 29.3 Å². The molecule has 0 radical (unpaired) electrons. The predicted octanol–water partition coefficient (Wildman–Crippen LogP) is 5.91. The van der Waals surface area contributed by atoms with Gasteiger partial charge in [-0.3, -0.25) is 10.1 Å². The van der Waals surface area contributed by atoms with Crippen molar-refractivity contribution >= 4 is 29.1 Å². The largest absolute Gasteiger partial charge is 0.456 e. The average molecular weight is 466 g/mol. The zero-order valence-electron chi connectivity index (χ0n) is 19.0. The second-order valence-electron chi connectivity index (χ2n) is 10.0. The third-order valence-electron chi connectivity index (χ3n) is 7.92. The van der Waals surface area contributed by atoms with Crippen LogP contribution in [0.4, 0.5) is 11.4 Å². The number of hydrogen-bond donors (Lipinski definition) is 0. The van der Waals surface area contributed by atoms with E-state index in [4.69, 9.17) is 16.3 Å². The van der Waals surface area contributed by atoms with Crippen LogP contribution in [0.3, 0.4) is 0 Å². The molecule has 3 heterocycles. The SMILES string of the molecule is Cc1ccc2c(c1)C1CN(C)CCC1N2C12CCCCC1=Cc1cc(Cl)cc([N+](=O)[O-])c1O2. The molecule has 2 aromatic rings. The molecule has 0 spiro atoms. The number of likely N-dealkylation sites (tertiary alicyclic amines) is 1. The smallest absolute Gasteiger partial charge is 0.313 e. The Morgan fingerprint density at radius 2 is 2.09 bits per heavy atom. The normalized spacial score (nSPS) is 28.2. The summed E-state index contributed by atoms with van der Waals surface area (Å²) in [6.45, 7) is 4.19. The van der Waals surface area contributed by atoms with Crippen LogP contribution >= 0.6 is 11.6 Å². The zero-order valence-corrected chi connectivity index (χ0v) is 19.8. The number of benzene rings is 2. The maximum atomic E-state index is 11.9. The molecule has 2 fully saturated rings. The van der Waals surface area contributed by atoms with Gasteiger partial charge in [0.15, 0.2) is 0 Å². The lowest BCUT2D eigenvalue weighted by molar-refractivity contribution is -0.386. The van der Waals surface area contributed by atoms with Gasteiger partial charge >= 0.3 is 5.69 Å². The molecule has 0 amide bonds. The highest BCUT2D eigenvalue weighted by Crippen LogP contribution is 2.56. The molecular formula is C26H28ClN3O3. The summed E-state index contributed by atoms with van der Waals surface area (Å²) in [6.07, 6.45) is 7.04. The molecule has 0 aromatic heterocycles. The summed E-state index contributed by atoms with van der Waals surface area (Å²) in [6, 6.07) is 10.2. The van der Waals surface area contributed by atoms with Crippen LogP contribution in [0, 0.1) is 17.0 Å². The molecule has 7 heteroatoms. The first-order valence-electron chi connectivity index (χ1n) is 11.8. The number of anilines is 1. The van der Waals surface area contributed by atoms with Crippen molar-refractivity contribution in [3.8, 4) is 5.75 Å². The van der Waals surface area contributed by atoms with Crippen molar-refractivity contribution < 1.29 is 9.66 Å². The van der Waals surface area contributed by atoms with Crippen LogP contribution in [-0.2, 0) is 0 Å². The lowest BCUT2D eigenvalue weighted by atomic mass is 9.80. The highest BCUT2D eigenvalue weighted by atomic mass is 35.5. The summed E-state index contributed by atoms with van der Waals surface area (Å²) in [5.74, 6) is 0.751. The van der Waals surface area contributed by atoms with E-state index in [0.29, 0.717) is 28.3 Å². The molecule has 0 N–H and O–H groups in total. The highest BCUT2D eigenvalue weighted by molar-refractivity contribution is 6.31. The monoisotopic (exact) mass is 465 g/mol. The molecule has 3 atom stereocenters. The first-order chi connectivity index (χ1) is 15.9. The lowest BCUT2D eigenvalue weighted by Crippen LogP contribution is -2.61. The van der Waals surface area contributed by atoms with Crippen LogP contribution in [0.5, 0.6) is 5.75 Å². The van der Waals surface area contributed by atoms with Gasteiger partial charge in [0.05, 0.1) is 4.92 Å². The minimum atomic E-state index is -0.691. The highest BCUT2D eigenvalue weighted by Gasteiger charge is 2.55. The second kappa shape index (κ2) is 7.47. The van der Waals surface area contributed by atoms with Crippen LogP contribution in [0.15, 0.2) is 35.9 Å². The quantitative estimate of drug-likeness (QED) is 0.407. The predicted molar refractivity (Wildman–Crippen MR) is 130 cm³/mol. The maximum Gasteiger partial charge on any atom is 0.313 e. The van der Waals surface area contributed by atoms with E-state index < -0.39 is 5.72 Å². The Kier molecular flexibility index (Phi) is 4.75. The Morgan fingerprint density at radius 3 is 2.91 bits per heavy atom. The number of rotatable bonds is 2. The Hall–Kier alpha value is -2.57. The molecule has 1 aliphatic carbocycles. The Bertz CT molecular complexity index is 1200. The molecule has 33 heavy (non-hydrogen) atoms. The van der Waals surface area contributed by atoms with Crippen LogP contribution in [0.1, 0.15) is 54.7 Å². The van der Waals surface area contributed by atoms with E-state index in [1.54, 1.807) is 6.07 Å². The molecule has 3 aliphatic heterocycles. The van der Waals surface area contributed by atoms with E-state index in [-0.39, 0.29) is 10.6 Å². The number of hydrogen-bond acceptors (Lipinski definition) is 5. The van der Waals surface area contributed by atoms with Gasteiger partial charge in [-0.15, -0.1) is 0 Å². The number of aryl methyl sites for hydroxylation is 1. The molecule has 1 saturated carbocycles. The van der Waals surface area contributed by atoms with E-state index in [1.807, 2.05) is 0 Å². The average Bonchev–Trinajstić information content (AvgIpc) is 3.10. The van der Waals surface area contributed by atoms with Gasteiger partial charge in [0.25, 0.3) is 0 Å². The molecule has 172 valence electrons. The van der Waals surface area contributed by atoms with E-state index in [2.05, 4.69) is 48.0 Å². The zero-order chi connectivity index (χ0) is 22.9. The molecule has 2 aromatic carbocycles. The molecule has 4 aliphatic rings. The van der Waals surface area contributed by atoms with Crippen molar-refractivity contribution in [2.45, 2.75) is 56.7 Å². The van der Waals surface area contributed by atoms with Gasteiger partial charge in [-0.2, -0.15) is 0 Å². The number of ether oxygens (including phenoxy) is 1. The lowest BCUT2D eigenvalue weighted by Gasteiger charge is -2.52. The maximum absolute atomic E-state index is 11.9. The van der Waals surface area contributed by atoms with E-state index in [9.17, 15) is 10.1 Å². The fraction of sp³-hybridized carbons (Fsp3) is 0.462. The van der Waals surface area contributed by atoms with Gasteiger partial charge in [-0.25, -0.2) is 0 Å². The molecular weight excluding hydrogens is 438 g/mol. The van der Waals surface area contributed by atoms with Crippen molar-refractivity contribution in [1.29, 1.82) is 0 Å². The standard InChI is InChI=1S/C26H28ClN3O3/c1-16-6-7-22-20(11-16)21-15-28(2)10-8-23(21)29(22)26-9-4-3-5-18(26)12-17-13-19(27)14-24(30(31)32)25(17)33-26/h6-7,11-14,21,23H,3-5,8-10,15H2,1-2H3. The molecule has 1 saturated heterocycles. The third kappa shape index (κ3) is 3.11. The van der Waals surface area contributed by atoms with Gasteiger partial charge in [-0.05, 0) is 75.5 Å². The van der Waals surface area contributed by atoms with Crippen LogP contribution in [-0.4, -0.2) is 41.7 Å². The summed E-state index contributed by atoms with van der Waals surface area (Å²) in [7, 11) is 2.19. The molecule has 0 bridgehead atoms. The van der Waals surface area contributed by atoms with E-state index in [0.717, 1.165) is 45.2 Å². The van der Waals surface area contributed by atoms with Gasteiger partial charge in [0.1, 0.15) is 0 Å².